The van der Waals surface area contributed by atoms with E-state index in [9.17, 15) is 0 Å². The van der Waals surface area contributed by atoms with E-state index in [1.165, 1.54) is 6.33 Å². The van der Waals surface area contributed by atoms with E-state index in [1.807, 2.05) is 47.0 Å². The molecule has 0 atom stereocenters. The molecule has 0 spiro atoms. The minimum Gasteiger partial charge on any atom is -0.493 e. The van der Waals surface area contributed by atoms with Gasteiger partial charge in [-0.2, -0.15) is 0 Å². The van der Waals surface area contributed by atoms with E-state index in [-0.39, 0.29) is 6.04 Å². The second-order valence-corrected chi connectivity index (χ2v) is 7.32. The summed E-state index contributed by atoms with van der Waals surface area (Å²) in [6, 6.07) is 13.6. The van der Waals surface area contributed by atoms with E-state index in [4.69, 9.17) is 19.2 Å². The van der Waals surface area contributed by atoms with Gasteiger partial charge in [0.15, 0.2) is 28.5 Å². The molecule has 2 aromatic carbocycles. The molecule has 0 saturated carbocycles. The minimum absolute atomic E-state index is 0.101. The first-order valence-corrected chi connectivity index (χ1v) is 10.2. The first-order chi connectivity index (χ1) is 15.5. The van der Waals surface area contributed by atoms with Crippen LogP contribution < -0.4 is 24.8 Å². The minimum atomic E-state index is 0.101. The van der Waals surface area contributed by atoms with Crippen LogP contribution >= 0.6 is 0 Å². The Balaban J connectivity index is 1.79. The first-order valence-electron chi connectivity index (χ1n) is 10.2. The van der Waals surface area contributed by atoms with Crippen LogP contribution in [0.2, 0.25) is 0 Å². The van der Waals surface area contributed by atoms with Crippen LogP contribution in [0.15, 0.2) is 48.8 Å². The molecule has 0 aliphatic heterocycles. The second-order valence-electron chi connectivity index (χ2n) is 7.32. The van der Waals surface area contributed by atoms with Crippen LogP contribution in [0.5, 0.6) is 17.2 Å². The normalized spacial score (nSPS) is 10.9. The number of aromatic nitrogens is 4. The third kappa shape index (κ3) is 3.96. The number of imidazole rings is 1. The monoisotopic (exact) mass is 434 g/mol. The van der Waals surface area contributed by atoms with Gasteiger partial charge >= 0.3 is 0 Å². The van der Waals surface area contributed by atoms with Gasteiger partial charge in [-0.1, -0.05) is 18.2 Å². The molecule has 32 heavy (non-hydrogen) atoms. The van der Waals surface area contributed by atoms with Crippen molar-refractivity contribution in [1.29, 1.82) is 0 Å². The van der Waals surface area contributed by atoms with Gasteiger partial charge in [0, 0.05) is 29.5 Å². The fourth-order valence-electron chi connectivity index (χ4n) is 3.52. The Kier molecular flexibility index (Phi) is 5.98. The van der Waals surface area contributed by atoms with Crippen molar-refractivity contribution in [2.75, 3.05) is 32.0 Å². The van der Waals surface area contributed by atoms with Crippen LogP contribution in [-0.2, 0) is 0 Å². The highest BCUT2D eigenvalue weighted by Gasteiger charge is 2.20. The molecular weight excluding hydrogens is 408 g/mol. The van der Waals surface area contributed by atoms with Crippen molar-refractivity contribution in [3.05, 3.63) is 48.8 Å². The zero-order valence-corrected chi connectivity index (χ0v) is 18.7. The van der Waals surface area contributed by atoms with Crippen molar-refractivity contribution in [3.63, 3.8) is 0 Å². The van der Waals surface area contributed by atoms with Gasteiger partial charge in [0.2, 0.25) is 11.7 Å². The molecular formula is C23H26N6O3. The summed E-state index contributed by atoms with van der Waals surface area (Å²) < 4.78 is 18.4. The summed E-state index contributed by atoms with van der Waals surface area (Å²) in [6.07, 6.45) is 1.54. The summed E-state index contributed by atoms with van der Waals surface area (Å²) in [5.41, 5.74) is 3.05. The Hall–Kier alpha value is -4.01. The molecule has 9 nitrogen and oxygen atoms in total. The molecule has 0 aliphatic carbocycles. The molecule has 4 rings (SSSR count). The maximum atomic E-state index is 5.47. The number of hydrogen-bond donors (Lipinski definition) is 2. The standard InChI is InChI=1S/C23H26N6O3/c1-14(2)29-22-19(21(24-13-25-22)26-15-9-7-6-8-10-15)28-23(29)27-16-11-17(30-3)20(32-5)18(12-16)31-4/h6-14H,1-5H3,(H,27,28)(H,24,25,26). The Labute approximate surface area is 186 Å². The zero-order chi connectivity index (χ0) is 22.7. The van der Waals surface area contributed by atoms with Gasteiger partial charge in [0.05, 0.1) is 21.3 Å². The fraction of sp³-hybridized carbons (Fsp3) is 0.261. The van der Waals surface area contributed by atoms with Crippen molar-refractivity contribution >= 4 is 34.3 Å². The largest absolute Gasteiger partial charge is 0.493 e. The van der Waals surface area contributed by atoms with Crippen LogP contribution in [-0.4, -0.2) is 40.8 Å². The number of fused-ring (bicyclic) bond motifs is 1. The van der Waals surface area contributed by atoms with Crippen LogP contribution in [0.1, 0.15) is 19.9 Å². The molecule has 166 valence electrons. The van der Waals surface area contributed by atoms with Crippen molar-refractivity contribution in [2.24, 2.45) is 0 Å². The average molecular weight is 435 g/mol. The third-order valence-corrected chi connectivity index (χ3v) is 4.95. The van der Waals surface area contributed by atoms with Gasteiger partial charge in [-0.25, -0.2) is 15.0 Å². The van der Waals surface area contributed by atoms with Gasteiger partial charge in [0.1, 0.15) is 6.33 Å². The summed E-state index contributed by atoms with van der Waals surface area (Å²) in [5, 5.41) is 6.71. The molecule has 2 aromatic heterocycles. The number of nitrogens with one attached hydrogen (secondary N) is 2. The van der Waals surface area contributed by atoms with Crippen molar-refractivity contribution < 1.29 is 14.2 Å². The maximum Gasteiger partial charge on any atom is 0.210 e. The van der Waals surface area contributed by atoms with E-state index >= 15 is 0 Å². The Morgan fingerprint density at radius 2 is 1.53 bits per heavy atom. The van der Waals surface area contributed by atoms with Crippen LogP contribution in [0.4, 0.5) is 23.1 Å². The molecule has 0 amide bonds. The molecule has 0 aliphatic rings. The van der Waals surface area contributed by atoms with Crippen molar-refractivity contribution in [3.8, 4) is 17.2 Å². The van der Waals surface area contributed by atoms with E-state index in [1.54, 1.807) is 21.3 Å². The molecule has 0 unspecified atom stereocenters. The quantitative estimate of drug-likeness (QED) is 0.403. The van der Waals surface area contributed by atoms with Crippen LogP contribution in [0, 0.1) is 0 Å². The van der Waals surface area contributed by atoms with Gasteiger partial charge in [-0.05, 0) is 26.0 Å². The van der Waals surface area contributed by atoms with E-state index < -0.39 is 0 Å². The molecule has 0 fully saturated rings. The van der Waals surface area contributed by atoms with E-state index in [0.29, 0.717) is 34.5 Å². The lowest BCUT2D eigenvalue weighted by Gasteiger charge is -2.16. The number of benzene rings is 2. The van der Waals surface area contributed by atoms with E-state index in [0.717, 1.165) is 17.0 Å². The molecule has 4 aromatic rings. The Morgan fingerprint density at radius 1 is 0.844 bits per heavy atom. The number of methoxy groups -OCH3 is 3. The highest BCUT2D eigenvalue weighted by molar-refractivity contribution is 5.88. The summed E-state index contributed by atoms with van der Waals surface area (Å²) in [6.45, 7) is 4.15. The lowest BCUT2D eigenvalue weighted by Crippen LogP contribution is -2.07. The number of nitrogens with zero attached hydrogens (tertiary/aromatic N) is 4. The molecule has 0 radical (unpaired) electrons. The van der Waals surface area contributed by atoms with Gasteiger partial charge in [0.25, 0.3) is 0 Å². The van der Waals surface area contributed by atoms with Crippen molar-refractivity contribution in [1.82, 2.24) is 19.5 Å². The zero-order valence-electron chi connectivity index (χ0n) is 18.7. The summed E-state index contributed by atoms with van der Waals surface area (Å²) in [4.78, 5) is 13.8. The molecule has 0 bridgehead atoms. The smallest absolute Gasteiger partial charge is 0.210 e. The SMILES string of the molecule is COc1cc(Nc2nc3c(Nc4ccccc4)ncnc3n2C(C)C)cc(OC)c1OC. The van der Waals surface area contributed by atoms with Crippen LogP contribution in [0.3, 0.4) is 0 Å². The van der Waals surface area contributed by atoms with E-state index in [2.05, 4.69) is 34.4 Å². The van der Waals surface area contributed by atoms with Crippen LogP contribution in [0.25, 0.3) is 11.2 Å². The predicted octanol–water partition coefficient (Wildman–Crippen LogP) is 4.92. The van der Waals surface area contributed by atoms with Gasteiger partial charge < -0.3 is 24.8 Å². The Bertz CT molecular complexity index is 1200. The summed E-state index contributed by atoms with van der Waals surface area (Å²) >= 11 is 0. The summed E-state index contributed by atoms with van der Waals surface area (Å²) in [7, 11) is 4.74. The second kappa shape index (κ2) is 9.01. The topological polar surface area (TPSA) is 95.4 Å². The lowest BCUT2D eigenvalue weighted by atomic mass is 10.2. The number of para-hydroxylation sites is 1. The number of hydrogen-bond acceptors (Lipinski definition) is 8. The maximum absolute atomic E-state index is 5.47. The highest BCUT2D eigenvalue weighted by atomic mass is 16.5. The lowest BCUT2D eigenvalue weighted by molar-refractivity contribution is 0.324. The van der Waals surface area contributed by atoms with Gasteiger partial charge in [-0.15, -0.1) is 0 Å². The number of anilines is 4. The first kappa shape index (κ1) is 21.2. The predicted molar refractivity (Wildman–Crippen MR) is 125 cm³/mol. The fourth-order valence-corrected chi connectivity index (χ4v) is 3.52. The molecule has 0 saturated heterocycles. The highest BCUT2D eigenvalue weighted by Crippen LogP contribution is 2.41. The Morgan fingerprint density at radius 3 is 2.12 bits per heavy atom. The average Bonchev–Trinajstić information content (AvgIpc) is 3.18. The molecule has 2 heterocycles. The molecule has 9 heteroatoms. The number of rotatable bonds is 8. The number of ether oxygens (including phenoxy) is 3. The molecule has 2 N–H and O–H groups in total. The van der Waals surface area contributed by atoms with Crippen molar-refractivity contribution in [2.45, 2.75) is 19.9 Å². The summed E-state index contributed by atoms with van der Waals surface area (Å²) in [5.74, 6) is 2.88. The van der Waals surface area contributed by atoms with Gasteiger partial charge in [-0.3, -0.25) is 4.57 Å². The third-order valence-electron chi connectivity index (χ3n) is 4.95.